The molecule has 110 valence electrons. The first-order valence-corrected chi connectivity index (χ1v) is 6.36. The SMILES string of the molecule is CCCNC(CCOCCOC)CCC(F)(F)F. The van der Waals surface area contributed by atoms with Gasteiger partial charge < -0.3 is 14.8 Å². The van der Waals surface area contributed by atoms with Crippen LogP contribution in [0.2, 0.25) is 0 Å². The molecule has 3 nitrogen and oxygen atoms in total. The largest absolute Gasteiger partial charge is 0.389 e. The smallest absolute Gasteiger partial charge is 0.382 e. The minimum Gasteiger partial charge on any atom is -0.382 e. The molecule has 0 amide bonds. The highest BCUT2D eigenvalue weighted by Crippen LogP contribution is 2.22. The summed E-state index contributed by atoms with van der Waals surface area (Å²) in [5.41, 5.74) is 0. The lowest BCUT2D eigenvalue weighted by molar-refractivity contribution is -0.136. The molecule has 1 N–H and O–H groups in total. The first-order chi connectivity index (χ1) is 8.49. The summed E-state index contributed by atoms with van der Waals surface area (Å²) >= 11 is 0. The summed E-state index contributed by atoms with van der Waals surface area (Å²) in [4.78, 5) is 0. The first kappa shape index (κ1) is 17.7. The average Bonchev–Trinajstić information content (AvgIpc) is 2.30. The zero-order valence-electron chi connectivity index (χ0n) is 11.2. The van der Waals surface area contributed by atoms with Crippen molar-refractivity contribution < 1.29 is 22.6 Å². The Morgan fingerprint density at radius 1 is 1.11 bits per heavy atom. The van der Waals surface area contributed by atoms with Crippen molar-refractivity contribution >= 4 is 0 Å². The average molecular weight is 271 g/mol. The molecular weight excluding hydrogens is 247 g/mol. The van der Waals surface area contributed by atoms with E-state index in [0.717, 1.165) is 13.0 Å². The molecule has 0 bridgehead atoms. The molecule has 0 aliphatic rings. The number of halogens is 3. The lowest BCUT2D eigenvalue weighted by atomic mass is 10.1. The van der Waals surface area contributed by atoms with Gasteiger partial charge in [-0.3, -0.25) is 0 Å². The van der Waals surface area contributed by atoms with Gasteiger partial charge in [0, 0.05) is 26.2 Å². The Labute approximate surface area is 107 Å². The number of hydrogen-bond donors (Lipinski definition) is 1. The van der Waals surface area contributed by atoms with E-state index in [1.807, 2.05) is 6.92 Å². The second kappa shape index (κ2) is 10.6. The van der Waals surface area contributed by atoms with Gasteiger partial charge in [0.15, 0.2) is 0 Å². The fourth-order valence-electron chi connectivity index (χ4n) is 1.50. The third-order valence-electron chi connectivity index (χ3n) is 2.50. The van der Waals surface area contributed by atoms with E-state index in [0.29, 0.717) is 26.2 Å². The van der Waals surface area contributed by atoms with E-state index in [9.17, 15) is 13.2 Å². The molecule has 0 saturated carbocycles. The fraction of sp³-hybridized carbons (Fsp3) is 1.00. The predicted molar refractivity (Wildman–Crippen MR) is 64.7 cm³/mol. The van der Waals surface area contributed by atoms with E-state index >= 15 is 0 Å². The Bertz CT molecular complexity index is 189. The molecule has 0 spiro atoms. The quantitative estimate of drug-likeness (QED) is 0.586. The van der Waals surface area contributed by atoms with Crippen LogP contribution < -0.4 is 5.32 Å². The van der Waals surface area contributed by atoms with Crippen LogP contribution >= 0.6 is 0 Å². The van der Waals surface area contributed by atoms with Crippen LogP contribution in [0.3, 0.4) is 0 Å². The van der Waals surface area contributed by atoms with E-state index in [1.54, 1.807) is 7.11 Å². The summed E-state index contributed by atoms with van der Waals surface area (Å²) in [6, 6.07) is -0.130. The highest BCUT2D eigenvalue weighted by atomic mass is 19.4. The summed E-state index contributed by atoms with van der Waals surface area (Å²) in [7, 11) is 1.58. The zero-order valence-corrected chi connectivity index (χ0v) is 11.2. The van der Waals surface area contributed by atoms with Crippen LogP contribution in [0.15, 0.2) is 0 Å². The van der Waals surface area contributed by atoms with Crippen LogP contribution in [0.5, 0.6) is 0 Å². The molecule has 0 aliphatic heterocycles. The first-order valence-electron chi connectivity index (χ1n) is 6.36. The molecule has 0 aliphatic carbocycles. The second-order valence-electron chi connectivity index (χ2n) is 4.20. The van der Waals surface area contributed by atoms with Gasteiger partial charge in [0.1, 0.15) is 0 Å². The Kier molecular flexibility index (Phi) is 10.4. The van der Waals surface area contributed by atoms with E-state index in [-0.39, 0.29) is 12.5 Å². The maximum absolute atomic E-state index is 12.2. The molecule has 18 heavy (non-hydrogen) atoms. The molecule has 1 atom stereocenters. The van der Waals surface area contributed by atoms with Gasteiger partial charge in [-0.05, 0) is 25.8 Å². The Morgan fingerprint density at radius 3 is 2.39 bits per heavy atom. The van der Waals surface area contributed by atoms with Gasteiger partial charge in [-0.2, -0.15) is 13.2 Å². The van der Waals surface area contributed by atoms with E-state index in [4.69, 9.17) is 9.47 Å². The van der Waals surface area contributed by atoms with Crippen LogP contribution in [0, 0.1) is 0 Å². The van der Waals surface area contributed by atoms with E-state index in [2.05, 4.69) is 5.32 Å². The van der Waals surface area contributed by atoms with Crippen molar-refractivity contribution in [2.75, 3.05) is 33.5 Å². The standard InChI is InChI=1S/C12H24F3NO2/c1-3-7-16-11(4-6-12(13,14)15)5-8-18-10-9-17-2/h11,16H,3-10H2,1-2H3. The van der Waals surface area contributed by atoms with Crippen molar-refractivity contribution in [3.05, 3.63) is 0 Å². The normalized spacial score (nSPS) is 13.8. The number of rotatable bonds is 11. The maximum Gasteiger partial charge on any atom is 0.389 e. The fourth-order valence-corrected chi connectivity index (χ4v) is 1.50. The van der Waals surface area contributed by atoms with Gasteiger partial charge in [-0.1, -0.05) is 6.92 Å². The third kappa shape index (κ3) is 12.1. The van der Waals surface area contributed by atoms with Crippen molar-refractivity contribution in [3.8, 4) is 0 Å². The molecule has 0 saturated heterocycles. The van der Waals surface area contributed by atoms with Crippen molar-refractivity contribution in [2.45, 2.75) is 44.8 Å². The van der Waals surface area contributed by atoms with Crippen molar-refractivity contribution in [2.24, 2.45) is 0 Å². The molecule has 0 aromatic rings. The zero-order chi connectivity index (χ0) is 13.9. The van der Waals surface area contributed by atoms with Gasteiger partial charge in [0.2, 0.25) is 0 Å². The number of hydrogen-bond acceptors (Lipinski definition) is 3. The number of methoxy groups -OCH3 is 1. The van der Waals surface area contributed by atoms with Gasteiger partial charge >= 0.3 is 6.18 Å². The van der Waals surface area contributed by atoms with Gasteiger partial charge in [0.05, 0.1) is 13.2 Å². The molecule has 0 radical (unpaired) electrons. The highest BCUT2D eigenvalue weighted by Gasteiger charge is 2.28. The predicted octanol–water partition coefficient (Wildman–Crippen LogP) is 2.75. The Hall–Kier alpha value is -0.330. The van der Waals surface area contributed by atoms with Crippen molar-refractivity contribution in [1.82, 2.24) is 5.32 Å². The molecule has 0 rings (SSSR count). The summed E-state index contributed by atoms with van der Waals surface area (Å²) in [6.07, 6.45) is -3.21. The molecule has 0 fully saturated rings. The monoisotopic (exact) mass is 271 g/mol. The van der Waals surface area contributed by atoms with Crippen LogP contribution in [-0.2, 0) is 9.47 Å². The van der Waals surface area contributed by atoms with Gasteiger partial charge in [-0.15, -0.1) is 0 Å². The number of alkyl halides is 3. The summed E-state index contributed by atoms with van der Waals surface area (Å²) in [6.45, 7) is 4.18. The third-order valence-corrected chi connectivity index (χ3v) is 2.50. The van der Waals surface area contributed by atoms with Crippen molar-refractivity contribution in [3.63, 3.8) is 0 Å². The highest BCUT2D eigenvalue weighted by molar-refractivity contribution is 4.68. The Balaban J connectivity index is 3.76. The van der Waals surface area contributed by atoms with Crippen LogP contribution in [0.25, 0.3) is 0 Å². The van der Waals surface area contributed by atoms with E-state index < -0.39 is 12.6 Å². The molecule has 1 unspecified atom stereocenters. The second-order valence-corrected chi connectivity index (χ2v) is 4.20. The lowest BCUT2D eigenvalue weighted by Gasteiger charge is -2.19. The minimum atomic E-state index is -4.08. The molecule has 0 aromatic carbocycles. The van der Waals surface area contributed by atoms with Crippen molar-refractivity contribution in [1.29, 1.82) is 0 Å². The van der Waals surface area contributed by atoms with Gasteiger partial charge in [0.25, 0.3) is 0 Å². The minimum absolute atomic E-state index is 0.108. The molecule has 0 heterocycles. The molecular formula is C12H24F3NO2. The van der Waals surface area contributed by atoms with Crippen LogP contribution in [0.1, 0.15) is 32.6 Å². The topological polar surface area (TPSA) is 30.5 Å². The van der Waals surface area contributed by atoms with Crippen LogP contribution in [0.4, 0.5) is 13.2 Å². The lowest BCUT2D eigenvalue weighted by Crippen LogP contribution is -2.32. The summed E-state index contributed by atoms with van der Waals surface area (Å²) < 4.78 is 46.5. The summed E-state index contributed by atoms with van der Waals surface area (Å²) in [5.74, 6) is 0. The van der Waals surface area contributed by atoms with Gasteiger partial charge in [-0.25, -0.2) is 0 Å². The number of nitrogens with one attached hydrogen (secondary N) is 1. The molecule has 6 heteroatoms. The Morgan fingerprint density at radius 2 is 1.83 bits per heavy atom. The molecule has 0 aromatic heterocycles. The van der Waals surface area contributed by atoms with Crippen LogP contribution in [-0.4, -0.2) is 45.7 Å². The summed E-state index contributed by atoms with van der Waals surface area (Å²) in [5, 5.41) is 3.12. The van der Waals surface area contributed by atoms with E-state index in [1.165, 1.54) is 0 Å². The maximum atomic E-state index is 12.2. The number of ether oxygens (including phenoxy) is 2.